The molecule has 0 spiro atoms. The van der Waals surface area contributed by atoms with Crippen LogP contribution in [0.15, 0.2) is 17.4 Å². The van der Waals surface area contributed by atoms with E-state index in [0.29, 0.717) is 12.5 Å². The molecule has 0 aromatic rings. The topological polar surface area (TPSA) is 124 Å². The number of hydrogen-bond acceptors (Lipinski definition) is 6. The summed E-state index contributed by atoms with van der Waals surface area (Å²) in [6.45, 7) is 0. The summed E-state index contributed by atoms with van der Waals surface area (Å²) < 4.78 is 59.1. The van der Waals surface area contributed by atoms with Crippen LogP contribution in [0.25, 0.3) is 0 Å². The quantitative estimate of drug-likeness (QED) is 0.456. The van der Waals surface area contributed by atoms with E-state index in [1.807, 2.05) is 0 Å². The van der Waals surface area contributed by atoms with Crippen molar-refractivity contribution in [2.45, 2.75) is 0 Å². The van der Waals surface area contributed by atoms with Crippen LogP contribution in [-0.2, 0) is 20.6 Å². The maximum atomic E-state index is 10.6. The SMILES string of the molecule is O=S(=O)([O-])[N+]1(S(=O)(=O)O)C=CN=C1. The summed E-state index contributed by atoms with van der Waals surface area (Å²) in [5, 5.41) is 0. The first-order chi connectivity index (χ1) is 5.71. The molecule has 0 fully saturated rings. The number of hydrogen-bond donors (Lipinski definition) is 1. The van der Waals surface area contributed by atoms with Gasteiger partial charge in [0.1, 0.15) is 0 Å². The fourth-order valence-electron chi connectivity index (χ4n) is 0.685. The number of aliphatic imine (C=N–C) groups is 1. The molecule has 13 heavy (non-hydrogen) atoms. The molecule has 1 aliphatic heterocycles. The van der Waals surface area contributed by atoms with Crippen LogP contribution in [-0.4, -0.2) is 35.6 Å². The zero-order chi connectivity index (χ0) is 10.3. The third-order valence-corrected chi connectivity index (χ3v) is 4.26. The van der Waals surface area contributed by atoms with Gasteiger partial charge in [0.2, 0.25) is 6.34 Å². The van der Waals surface area contributed by atoms with Gasteiger partial charge in [-0.15, -0.1) is 8.42 Å². The fourth-order valence-corrected chi connectivity index (χ4v) is 2.36. The van der Waals surface area contributed by atoms with Crippen molar-refractivity contribution < 1.29 is 29.2 Å². The molecule has 1 unspecified atom stereocenters. The molecular weight excluding hydrogens is 224 g/mol. The first kappa shape index (κ1) is 10.3. The summed E-state index contributed by atoms with van der Waals surface area (Å²) >= 11 is 0. The Morgan fingerprint density at radius 2 is 1.85 bits per heavy atom. The molecule has 0 saturated carbocycles. The maximum Gasteiger partial charge on any atom is 0.457 e. The predicted molar refractivity (Wildman–Crippen MR) is 39.1 cm³/mol. The van der Waals surface area contributed by atoms with Crippen molar-refractivity contribution in [1.82, 2.24) is 0 Å². The van der Waals surface area contributed by atoms with Crippen molar-refractivity contribution in [2.75, 3.05) is 0 Å². The van der Waals surface area contributed by atoms with E-state index in [4.69, 9.17) is 4.55 Å². The predicted octanol–water partition coefficient (Wildman–Crippen LogP) is -1.42. The second-order valence-corrected chi connectivity index (χ2v) is 5.27. The van der Waals surface area contributed by atoms with Crippen LogP contribution in [0.2, 0.25) is 0 Å². The first-order valence-electron chi connectivity index (χ1n) is 2.75. The van der Waals surface area contributed by atoms with Crippen LogP contribution in [0.4, 0.5) is 0 Å². The summed E-state index contributed by atoms with van der Waals surface area (Å²) in [7, 11) is -10.4. The van der Waals surface area contributed by atoms with Gasteiger partial charge in [-0.05, 0) is 3.29 Å². The largest absolute Gasteiger partial charge is 0.700 e. The van der Waals surface area contributed by atoms with E-state index in [9.17, 15) is 21.4 Å². The van der Waals surface area contributed by atoms with Crippen LogP contribution >= 0.6 is 0 Å². The zero-order valence-corrected chi connectivity index (χ0v) is 7.56. The van der Waals surface area contributed by atoms with Crippen LogP contribution in [0, 0.1) is 0 Å². The average molecular weight is 228 g/mol. The Morgan fingerprint density at radius 3 is 2.00 bits per heavy atom. The second kappa shape index (κ2) is 2.59. The lowest BCUT2D eigenvalue weighted by atomic mass is 11.0. The Kier molecular flexibility index (Phi) is 2.04. The molecule has 1 rings (SSSR count). The standard InChI is InChI=1S/C3H4N2O6S2/c6-12(7,8)5(13(9,10)11)2-1-4-3-5/h1-3H,(H-,6,7,8,9,10,11). The lowest BCUT2D eigenvalue weighted by molar-refractivity contribution is -0.497. The molecule has 0 bridgehead atoms. The van der Waals surface area contributed by atoms with Crippen molar-refractivity contribution >= 4 is 26.9 Å². The third kappa shape index (κ3) is 1.38. The monoisotopic (exact) mass is 228 g/mol. The van der Waals surface area contributed by atoms with Gasteiger partial charge in [-0.1, -0.05) is 0 Å². The molecule has 10 heteroatoms. The molecule has 0 radical (unpaired) electrons. The van der Waals surface area contributed by atoms with Crippen LogP contribution in [0.5, 0.6) is 0 Å². The van der Waals surface area contributed by atoms with Gasteiger partial charge in [0, 0.05) is 0 Å². The van der Waals surface area contributed by atoms with Gasteiger partial charge < -0.3 is 4.55 Å². The maximum absolute atomic E-state index is 10.6. The van der Waals surface area contributed by atoms with Gasteiger partial charge in [0.05, 0.1) is 6.20 Å². The van der Waals surface area contributed by atoms with E-state index in [0.717, 1.165) is 6.20 Å². The van der Waals surface area contributed by atoms with Crippen molar-refractivity contribution in [3.8, 4) is 0 Å². The average Bonchev–Trinajstić information content (AvgIpc) is 2.28. The molecule has 0 aliphatic carbocycles. The van der Waals surface area contributed by atoms with Gasteiger partial charge in [-0.25, -0.2) is 9.55 Å². The van der Waals surface area contributed by atoms with Crippen molar-refractivity contribution in [3.63, 3.8) is 0 Å². The Bertz CT molecular complexity index is 424. The van der Waals surface area contributed by atoms with Crippen LogP contribution in [0.1, 0.15) is 0 Å². The minimum Gasteiger partial charge on any atom is -0.700 e. The normalized spacial score (nSPS) is 28.2. The van der Waals surface area contributed by atoms with Crippen molar-refractivity contribution in [3.05, 3.63) is 12.4 Å². The van der Waals surface area contributed by atoms with E-state index in [-0.39, 0.29) is 0 Å². The van der Waals surface area contributed by atoms with E-state index >= 15 is 0 Å². The molecule has 1 heterocycles. The minimum atomic E-state index is -5.31. The number of rotatable bonds is 2. The zero-order valence-electron chi connectivity index (χ0n) is 5.93. The van der Waals surface area contributed by atoms with E-state index in [1.54, 1.807) is 0 Å². The highest BCUT2D eigenvalue weighted by atomic mass is 32.3. The van der Waals surface area contributed by atoms with Crippen molar-refractivity contribution in [1.29, 1.82) is 0 Å². The molecule has 1 N–H and O–H groups in total. The van der Waals surface area contributed by atoms with Gasteiger partial charge in [0.15, 0.2) is 6.20 Å². The lowest BCUT2D eigenvalue weighted by Gasteiger charge is -2.23. The highest BCUT2D eigenvalue weighted by Crippen LogP contribution is 2.21. The third-order valence-electron chi connectivity index (χ3n) is 1.30. The number of nitrogens with zero attached hydrogens (tertiary/aromatic N) is 2. The van der Waals surface area contributed by atoms with Gasteiger partial charge in [0.25, 0.3) is 10.3 Å². The van der Waals surface area contributed by atoms with E-state index in [1.165, 1.54) is 0 Å². The van der Waals surface area contributed by atoms with Crippen LogP contribution < -0.4 is 0 Å². The Hall–Kier alpha value is -0.810. The molecule has 0 amide bonds. The van der Waals surface area contributed by atoms with Crippen LogP contribution in [0.3, 0.4) is 0 Å². The summed E-state index contributed by atoms with van der Waals surface area (Å²) in [6, 6.07) is 0. The van der Waals surface area contributed by atoms with Gasteiger partial charge in [-0.2, -0.15) is 8.42 Å². The van der Waals surface area contributed by atoms with E-state index in [2.05, 4.69) is 4.99 Å². The molecule has 74 valence electrons. The van der Waals surface area contributed by atoms with Gasteiger partial charge in [-0.3, -0.25) is 0 Å². The molecule has 0 saturated heterocycles. The summed E-state index contributed by atoms with van der Waals surface area (Å²) in [4.78, 5) is 3.12. The van der Waals surface area contributed by atoms with E-state index < -0.39 is 23.9 Å². The number of quaternary nitrogens is 1. The highest BCUT2D eigenvalue weighted by molar-refractivity contribution is 7.93. The van der Waals surface area contributed by atoms with Gasteiger partial charge >= 0.3 is 10.3 Å². The first-order valence-corrected chi connectivity index (χ1v) is 5.51. The molecular formula is C3H4N2O6S2. The Labute approximate surface area is 74.2 Å². The second-order valence-electron chi connectivity index (χ2n) is 2.08. The highest BCUT2D eigenvalue weighted by Gasteiger charge is 2.47. The summed E-state index contributed by atoms with van der Waals surface area (Å²) in [6.07, 6.45) is 1.53. The van der Waals surface area contributed by atoms with Crippen molar-refractivity contribution in [2.24, 2.45) is 4.99 Å². The molecule has 0 aromatic heterocycles. The molecule has 1 aliphatic rings. The minimum absolute atomic E-state index is 0.303. The smallest absolute Gasteiger partial charge is 0.457 e. The molecule has 1 atom stereocenters. The lowest BCUT2D eigenvalue weighted by Crippen LogP contribution is -2.49. The fraction of sp³-hybridized carbons (Fsp3) is 0. The Morgan fingerprint density at radius 1 is 1.31 bits per heavy atom. The molecule has 0 aromatic carbocycles. The Balaban J connectivity index is 3.56. The molecule has 8 nitrogen and oxygen atoms in total. The summed E-state index contributed by atoms with van der Waals surface area (Å²) in [5.41, 5.74) is 0. The summed E-state index contributed by atoms with van der Waals surface area (Å²) in [5.74, 6) is 0.